The van der Waals surface area contributed by atoms with Gasteiger partial charge in [-0.3, -0.25) is 14.5 Å². The molecule has 8 heteroatoms. The summed E-state index contributed by atoms with van der Waals surface area (Å²) in [7, 11) is -3.65. The number of rotatable bonds is 7. The number of carbonyl (C=O) groups is 1. The summed E-state index contributed by atoms with van der Waals surface area (Å²) < 4.78 is 27.0. The summed E-state index contributed by atoms with van der Waals surface area (Å²) >= 11 is 0. The number of anilines is 1. The molecule has 7 nitrogen and oxygen atoms in total. The van der Waals surface area contributed by atoms with Crippen LogP contribution in [0, 0.1) is 11.3 Å². The van der Waals surface area contributed by atoms with Crippen molar-refractivity contribution < 1.29 is 13.2 Å². The standard InChI is InChI=1S/C21H22N4O3S/c1-2-3-7-18(21(26)23-16-11-9-15(10-12-16)13-14-22)24-20-17-6-4-5-8-19(17)29(27,28)25-20/h4-6,8-12,18H,2-3,7,13H2,1H3,(H,23,26)(H,24,25). The monoisotopic (exact) mass is 410 g/mol. The van der Waals surface area contributed by atoms with Gasteiger partial charge in [0.2, 0.25) is 5.91 Å². The second-order valence-electron chi connectivity index (χ2n) is 6.76. The molecular weight excluding hydrogens is 388 g/mol. The molecule has 2 aromatic rings. The van der Waals surface area contributed by atoms with Crippen molar-refractivity contribution in [3.8, 4) is 6.07 Å². The van der Waals surface area contributed by atoms with Crippen LogP contribution >= 0.6 is 0 Å². The fourth-order valence-electron chi connectivity index (χ4n) is 3.06. The lowest BCUT2D eigenvalue weighted by atomic mass is 10.1. The molecule has 0 saturated heterocycles. The third-order valence-corrected chi connectivity index (χ3v) is 5.98. The number of hydrogen-bond donors (Lipinski definition) is 2. The highest BCUT2D eigenvalue weighted by atomic mass is 32.2. The zero-order valence-electron chi connectivity index (χ0n) is 16.1. The Bertz CT molecular complexity index is 1070. The van der Waals surface area contributed by atoms with E-state index in [1.54, 1.807) is 42.5 Å². The molecule has 0 aromatic heterocycles. The van der Waals surface area contributed by atoms with Gasteiger partial charge >= 0.3 is 0 Å². The molecule has 0 radical (unpaired) electrons. The van der Waals surface area contributed by atoms with Gasteiger partial charge in [0.25, 0.3) is 10.0 Å². The van der Waals surface area contributed by atoms with Gasteiger partial charge in [0.1, 0.15) is 11.9 Å². The molecule has 1 aliphatic rings. The number of hydrogen-bond acceptors (Lipinski definition) is 5. The van der Waals surface area contributed by atoms with Gasteiger partial charge in [0.05, 0.1) is 17.4 Å². The third-order valence-electron chi connectivity index (χ3n) is 4.59. The topological polar surface area (TPSA) is 111 Å². The zero-order chi connectivity index (χ0) is 20.9. The fourth-order valence-corrected chi connectivity index (χ4v) is 4.30. The Kier molecular flexibility index (Phi) is 6.29. The minimum Gasteiger partial charge on any atom is -0.324 e. The molecule has 3 rings (SSSR count). The molecule has 0 saturated carbocycles. The van der Waals surface area contributed by atoms with Crippen LogP contribution in [-0.2, 0) is 21.2 Å². The summed E-state index contributed by atoms with van der Waals surface area (Å²) in [5.74, 6) is -0.108. The number of nitrogens with zero attached hydrogens (tertiary/aromatic N) is 2. The number of nitriles is 1. The number of amides is 1. The average molecular weight is 410 g/mol. The number of amidine groups is 1. The van der Waals surface area contributed by atoms with Crippen molar-refractivity contribution in [1.82, 2.24) is 4.72 Å². The molecule has 1 unspecified atom stereocenters. The summed E-state index contributed by atoms with van der Waals surface area (Å²) in [4.78, 5) is 17.5. The summed E-state index contributed by atoms with van der Waals surface area (Å²) in [5.41, 5.74) is 1.94. The van der Waals surface area contributed by atoms with E-state index in [0.717, 1.165) is 18.4 Å². The first-order valence-electron chi connectivity index (χ1n) is 9.41. The van der Waals surface area contributed by atoms with Gasteiger partial charge in [-0.25, -0.2) is 8.42 Å². The van der Waals surface area contributed by atoms with Crippen molar-refractivity contribution in [2.24, 2.45) is 4.99 Å². The Labute approximate surface area is 170 Å². The van der Waals surface area contributed by atoms with Gasteiger partial charge < -0.3 is 5.32 Å². The van der Waals surface area contributed by atoms with E-state index in [1.807, 2.05) is 6.92 Å². The molecule has 0 bridgehead atoms. The van der Waals surface area contributed by atoms with Crippen LogP contribution in [0.15, 0.2) is 58.4 Å². The van der Waals surface area contributed by atoms with Crippen LogP contribution in [0.4, 0.5) is 5.69 Å². The molecule has 150 valence electrons. The number of sulfonamides is 1. The van der Waals surface area contributed by atoms with E-state index in [4.69, 9.17) is 5.26 Å². The summed E-state index contributed by atoms with van der Waals surface area (Å²) in [5, 5.41) is 11.6. The zero-order valence-corrected chi connectivity index (χ0v) is 16.9. The molecule has 1 aliphatic heterocycles. The second kappa shape index (κ2) is 8.88. The Morgan fingerprint density at radius 3 is 2.62 bits per heavy atom. The van der Waals surface area contributed by atoms with Gasteiger partial charge in [-0.2, -0.15) is 5.26 Å². The van der Waals surface area contributed by atoms with E-state index in [1.165, 1.54) is 6.07 Å². The maximum Gasteiger partial charge on any atom is 0.263 e. The lowest BCUT2D eigenvalue weighted by Gasteiger charge is -2.14. The second-order valence-corrected chi connectivity index (χ2v) is 8.41. The number of benzene rings is 2. The summed E-state index contributed by atoms with van der Waals surface area (Å²) in [6.45, 7) is 2.02. The van der Waals surface area contributed by atoms with E-state index in [2.05, 4.69) is 21.1 Å². The lowest BCUT2D eigenvalue weighted by Crippen LogP contribution is -2.30. The highest BCUT2D eigenvalue weighted by Gasteiger charge is 2.31. The Balaban J connectivity index is 1.84. The minimum absolute atomic E-state index is 0.168. The van der Waals surface area contributed by atoms with Crippen molar-refractivity contribution >= 4 is 27.5 Å². The smallest absolute Gasteiger partial charge is 0.263 e. The molecule has 29 heavy (non-hydrogen) atoms. The van der Waals surface area contributed by atoms with Crippen LogP contribution in [0.3, 0.4) is 0 Å². The maximum atomic E-state index is 12.8. The first kappa shape index (κ1) is 20.6. The number of nitrogens with one attached hydrogen (secondary N) is 2. The van der Waals surface area contributed by atoms with Crippen LogP contribution in [0.2, 0.25) is 0 Å². The van der Waals surface area contributed by atoms with Gasteiger partial charge in [-0.1, -0.05) is 44.0 Å². The molecule has 0 fully saturated rings. The van der Waals surface area contributed by atoms with Gasteiger partial charge in [0, 0.05) is 11.3 Å². The molecule has 2 N–H and O–H groups in total. The van der Waals surface area contributed by atoms with E-state index >= 15 is 0 Å². The van der Waals surface area contributed by atoms with E-state index in [-0.39, 0.29) is 16.6 Å². The van der Waals surface area contributed by atoms with Crippen LogP contribution in [0.5, 0.6) is 0 Å². The predicted octanol–water partition coefficient (Wildman–Crippen LogP) is 2.99. The predicted molar refractivity (Wildman–Crippen MR) is 111 cm³/mol. The van der Waals surface area contributed by atoms with E-state index in [9.17, 15) is 13.2 Å². The SMILES string of the molecule is CCCCC(N=C1NS(=O)(=O)c2ccccc21)C(=O)Nc1ccc(CC#N)cc1. The average Bonchev–Trinajstić information content (AvgIpc) is 2.97. The van der Waals surface area contributed by atoms with Crippen molar-refractivity contribution in [2.45, 2.75) is 43.5 Å². The molecular formula is C21H22N4O3S. The first-order chi connectivity index (χ1) is 13.9. The van der Waals surface area contributed by atoms with Gasteiger partial charge in [0.15, 0.2) is 0 Å². The molecule has 1 heterocycles. The number of unbranched alkanes of at least 4 members (excludes halogenated alkanes) is 1. The van der Waals surface area contributed by atoms with Crippen molar-refractivity contribution in [1.29, 1.82) is 5.26 Å². The molecule has 0 aliphatic carbocycles. The Morgan fingerprint density at radius 1 is 1.21 bits per heavy atom. The number of aliphatic imine (C=N–C) groups is 1. The first-order valence-corrected chi connectivity index (χ1v) is 10.9. The molecule has 0 spiro atoms. The fraction of sp³-hybridized carbons (Fsp3) is 0.286. The Morgan fingerprint density at radius 2 is 1.93 bits per heavy atom. The summed E-state index contributed by atoms with van der Waals surface area (Å²) in [6, 6.07) is 15.0. The molecule has 1 amide bonds. The number of fused-ring (bicyclic) bond motifs is 1. The number of carbonyl (C=O) groups excluding carboxylic acids is 1. The van der Waals surface area contributed by atoms with Crippen LogP contribution in [-0.4, -0.2) is 26.2 Å². The van der Waals surface area contributed by atoms with Crippen molar-refractivity contribution in [2.75, 3.05) is 5.32 Å². The largest absolute Gasteiger partial charge is 0.324 e. The van der Waals surface area contributed by atoms with Gasteiger partial charge in [-0.15, -0.1) is 0 Å². The normalized spacial score (nSPS) is 16.5. The minimum atomic E-state index is -3.65. The quantitative estimate of drug-likeness (QED) is 0.731. The summed E-state index contributed by atoms with van der Waals surface area (Å²) in [6.07, 6.45) is 2.48. The highest BCUT2D eigenvalue weighted by molar-refractivity contribution is 7.90. The van der Waals surface area contributed by atoms with Crippen molar-refractivity contribution in [3.05, 3.63) is 59.7 Å². The van der Waals surface area contributed by atoms with Crippen LogP contribution in [0.25, 0.3) is 0 Å². The van der Waals surface area contributed by atoms with Crippen molar-refractivity contribution in [3.63, 3.8) is 0 Å². The Hall–Kier alpha value is -3.18. The van der Waals surface area contributed by atoms with E-state index in [0.29, 0.717) is 24.1 Å². The van der Waals surface area contributed by atoms with Crippen LogP contribution in [0.1, 0.15) is 37.3 Å². The lowest BCUT2D eigenvalue weighted by molar-refractivity contribution is -0.117. The molecule has 1 atom stereocenters. The maximum absolute atomic E-state index is 12.8. The van der Waals surface area contributed by atoms with Crippen LogP contribution < -0.4 is 10.0 Å². The highest BCUT2D eigenvalue weighted by Crippen LogP contribution is 2.23. The molecule has 2 aromatic carbocycles. The van der Waals surface area contributed by atoms with E-state index < -0.39 is 16.1 Å². The third kappa shape index (κ3) is 4.81. The van der Waals surface area contributed by atoms with Gasteiger partial charge in [-0.05, 0) is 36.2 Å².